The number of ether oxygens (including phenoxy) is 1. The van der Waals surface area contributed by atoms with Crippen molar-refractivity contribution in [1.29, 1.82) is 0 Å². The van der Waals surface area contributed by atoms with Crippen LogP contribution in [-0.4, -0.2) is 52.3 Å². The van der Waals surface area contributed by atoms with Gasteiger partial charge in [0.15, 0.2) is 0 Å². The lowest BCUT2D eigenvalue weighted by molar-refractivity contribution is -0.146. The van der Waals surface area contributed by atoms with Crippen molar-refractivity contribution in [1.82, 2.24) is 9.47 Å². The molecule has 0 spiro atoms. The van der Waals surface area contributed by atoms with Crippen molar-refractivity contribution < 1.29 is 19.4 Å². The van der Waals surface area contributed by atoms with Gasteiger partial charge in [-0.2, -0.15) is 0 Å². The number of nitrogens with zero attached hydrogens (tertiary/aromatic N) is 2. The van der Waals surface area contributed by atoms with E-state index in [2.05, 4.69) is 0 Å². The average molecular weight is 300 g/mol. The summed E-state index contributed by atoms with van der Waals surface area (Å²) in [4.78, 5) is 36.0. The zero-order valence-corrected chi connectivity index (χ0v) is 11.9. The highest BCUT2D eigenvalue weighted by molar-refractivity contribution is 7.07. The molecule has 1 unspecified atom stereocenters. The van der Waals surface area contributed by atoms with E-state index >= 15 is 0 Å². The second-order valence-corrected chi connectivity index (χ2v) is 5.46. The third-order valence-electron chi connectivity index (χ3n) is 3.23. The smallest absolute Gasteiger partial charge is 0.307 e. The van der Waals surface area contributed by atoms with Gasteiger partial charge in [0.25, 0.3) is 0 Å². The van der Waals surface area contributed by atoms with Gasteiger partial charge >= 0.3 is 10.8 Å². The van der Waals surface area contributed by atoms with E-state index in [1.165, 1.54) is 9.47 Å². The quantitative estimate of drug-likeness (QED) is 0.840. The first-order chi connectivity index (χ1) is 9.49. The number of carbonyl (C=O) groups excluding carboxylic acids is 1. The fourth-order valence-electron chi connectivity index (χ4n) is 2.18. The molecule has 1 fully saturated rings. The number of carbonyl (C=O) groups is 2. The van der Waals surface area contributed by atoms with E-state index < -0.39 is 12.0 Å². The maximum Gasteiger partial charge on any atom is 0.307 e. The van der Waals surface area contributed by atoms with Crippen molar-refractivity contribution in [2.45, 2.75) is 25.9 Å². The van der Waals surface area contributed by atoms with Gasteiger partial charge < -0.3 is 14.7 Å². The maximum atomic E-state index is 12.3. The molecule has 0 radical (unpaired) electrons. The number of amides is 1. The van der Waals surface area contributed by atoms with E-state index in [1.54, 1.807) is 12.3 Å². The molecule has 8 heteroatoms. The van der Waals surface area contributed by atoms with E-state index in [4.69, 9.17) is 9.84 Å². The summed E-state index contributed by atoms with van der Waals surface area (Å²) in [7, 11) is 0. The van der Waals surface area contributed by atoms with E-state index in [9.17, 15) is 14.4 Å². The molecule has 2 heterocycles. The van der Waals surface area contributed by atoms with Gasteiger partial charge in [-0.05, 0) is 6.92 Å². The zero-order valence-electron chi connectivity index (χ0n) is 11.1. The molecule has 2 rings (SSSR count). The number of aliphatic carboxylic acids is 1. The Hall–Kier alpha value is -1.67. The predicted octanol–water partition coefficient (Wildman–Crippen LogP) is -0.0797. The van der Waals surface area contributed by atoms with Crippen molar-refractivity contribution in [3.8, 4) is 0 Å². The van der Waals surface area contributed by atoms with Crippen LogP contribution in [0, 0.1) is 6.92 Å². The number of carboxylic acids is 1. The molecule has 7 nitrogen and oxygen atoms in total. The molecule has 1 atom stereocenters. The van der Waals surface area contributed by atoms with Crippen LogP contribution in [0.5, 0.6) is 0 Å². The van der Waals surface area contributed by atoms with Gasteiger partial charge in [0.2, 0.25) is 5.91 Å². The van der Waals surface area contributed by atoms with Crippen LogP contribution in [0.15, 0.2) is 10.2 Å². The number of rotatable bonds is 4. The van der Waals surface area contributed by atoms with E-state index in [0.29, 0.717) is 13.2 Å². The monoisotopic (exact) mass is 300 g/mol. The van der Waals surface area contributed by atoms with Crippen molar-refractivity contribution in [2.75, 3.05) is 19.8 Å². The van der Waals surface area contributed by atoms with E-state index in [-0.39, 0.29) is 30.4 Å². The van der Waals surface area contributed by atoms with Gasteiger partial charge in [0.05, 0.1) is 25.7 Å². The summed E-state index contributed by atoms with van der Waals surface area (Å²) in [6, 6.07) is -0.469. The van der Waals surface area contributed by atoms with Crippen molar-refractivity contribution in [2.24, 2.45) is 0 Å². The third-order valence-corrected chi connectivity index (χ3v) is 4.11. The minimum absolute atomic E-state index is 0.0513. The SMILES string of the molecule is Cc1csc(=O)n1CC(=O)N1CCOCC1CC(=O)O. The fraction of sp³-hybridized carbons (Fsp3) is 0.583. The molecule has 0 saturated carbocycles. The van der Waals surface area contributed by atoms with Crippen LogP contribution in [0.25, 0.3) is 0 Å². The molecular formula is C12H16N2O5S. The largest absolute Gasteiger partial charge is 0.481 e. The molecule has 1 N–H and O–H groups in total. The minimum atomic E-state index is -0.970. The lowest BCUT2D eigenvalue weighted by atomic mass is 10.1. The molecule has 0 bridgehead atoms. The van der Waals surface area contributed by atoms with Gasteiger partial charge in [-0.1, -0.05) is 11.3 Å². The topological polar surface area (TPSA) is 88.8 Å². The zero-order chi connectivity index (χ0) is 14.7. The number of aryl methyl sites for hydroxylation is 1. The first kappa shape index (κ1) is 14.7. The summed E-state index contributed by atoms with van der Waals surface area (Å²) in [5.74, 6) is -1.22. The van der Waals surface area contributed by atoms with Gasteiger partial charge in [-0.15, -0.1) is 0 Å². The Labute approximate surface area is 119 Å². The predicted molar refractivity (Wildman–Crippen MR) is 71.9 cm³/mol. The normalized spacial score (nSPS) is 19.1. The van der Waals surface area contributed by atoms with Crippen LogP contribution < -0.4 is 4.87 Å². The molecule has 1 amide bonds. The van der Waals surface area contributed by atoms with Crippen LogP contribution in [0.3, 0.4) is 0 Å². The number of aromatic nitrogens is 1. The lowest BCUT2D eigenvalue weighted by Gasteiger charge is -2.35. The second kappa shape index (κ2) is 6.19. The van der Waals surface area contributed by atoms with Crippen molar-refractivity contribution in [3.05, 3.63) is 20.7 Å². The third kappa shape index (κ3) is 3.26. The van der Waals surface area contributed by atoms with Crippen LogP contribution in [-0.2, 0) is 20.9 Å². The summed E-state index contributed by atoms with van der Waals surface area (Å²) in [6.07, 6.45) is -0.150. The molecule has 0 aromatic carbocycles. The maximum absolute atomic E-state index is 12.3. The number of morpholine rings is 1. The highest BCUT2D eigenvalue weighted by Gasteiger charge is 2.29. The highest BCUT2D eigenvalue weighted by atomic mass is 32.1. The molecule has 110 valence electrons. The Morgan fingerprint density at radius 1 is 1.55 bits per heavy atom. The molecule has 20 heavy (non-hydrogen) atoms. The summed E-state index contributed by atoms with van der Waals surface area (Å²) in [5, 5.41) is 10.6. The average Bonchev–Trinajstić information content (AvgIpc) is 2.70. The number of hydrogen-bond acceptors (Lipinski definition) is 5. The first-order valence-electron chi connectivity index (χ1n) is 6.23. The van der Waals surface area contributed by atoms with Crippen molar-refractivity contribution >= 4 is 23.2 Å². The molecular weight excluding hydrogens is 284 g/mol. The van der Waals surface area contributed by atoms with Gasteiger partial charge in [0.1, 0.15) is 6.54 Å². The second-order valence-electron chi connectivity index (χ2n) is 4.64. The number of thiazole rings is 1. The van der Waals surface area contributed by atoms with Gasteiger partial charge in [0, 0.05) is 17.6 Å². The Kier molecular flexibility index (Phi) is 4.56. The molecule has 1 aliphatic rings. The fourth-order valence-corrected chi connectivity index (χ4v) is 2.91. The molecule has 0 aliphatic carbocycles. The number of hydrogen-bond donors (Lipinski definition) is 1. The van der Waals surface area contributed by atoms with Crippen LogP contribution in [0.4, 0.5) is 0 Å². The summed E-state index contributed by atoms with van der Waals surface area (Å²) >= 11 is 1.05. The Bertz CT molecular complexity index is 564. The molecule has 1 aromatic rings. The minimum Gasteiger partial charge on any atom is -0.481 e. The van der Waals surface area contributed by atoms with Crippen molar-refractivity contribution in [3.63, 3.8) is 0 Å². The van der Waals surface area contributed by atoms with Crippen LogP contribution in [0.1, 0.15) is 12.1 Å². The van der Waals surface area contributed by atoms with Crippen LogP contribution in [0.2, 0.25) is 0 Å². The molecule has 1 aliphatic heterocycles. The molecule has 1 aromatic heterocycles. The van der Waals surface area contributed by atoms with E-state index in [1.807, 2.05) is 0 Å². The van der Waals surface area contributed by atoms with Gasteiger partial charge in [-0.3, -0.25) is 19.0 Å². The standard InChI is InChI=1S/C12H16N2O5S/c1-8-7-20-12(18)14(8)5-10(15)13-2-3-19-6-9(13)4-11(16)17/h7,9H,2-6H2,1H3,(H,16,17). The van der Waals surface area contributed by atoms with E-state index in [0.717, 1.165) is 17.0 Å². The lowest BCUT2D eigenvalue weighted by Crippen LogP contribution is -2.51. The van der Waals surface area contributed by atoms with Gasteiger partial charge in [-0.25, -0.2) is 0 Å². The Balaban J connectivity index is 2.10. The van der Waals surface area contributed by atoms with Crippen LogP contribution >= 0.6 is 11.3 Å². The number of carboxylic acid groups (broad SMARTS) is 1. The first-order valence-corrected chi connectivity index (χ1v) is 7.11. The summed E-state index contributed by atoms with van der Waals surface area (Å²) < 4.78 is 6.63. The molecule has 1 saturated heterocycles. The summed E-state index contributed by atoms with van der Waals surface area (Å²) in [6.45, 7) is 2.67. The summed E-state index contributed by atoms with van der Waals surface area (Å²) in [5.41, 5.74) is 0.733. The Morgan fingerprint density at radius 2 is 2.30 bits per heavy atom. The Morgan fingerprint density at radius 3 is 2.90 bits per heavy atom. The highest BCUT2D eigenvalue weighted by Crippen LogP contribution is 2.12.